The summed E-state index contributed by atoms with van der Waals surface area (Å²) >= 11 is 14.1. The Hall–Kier alpha value is -0.550. The molecule has 2 aromatic heterocycles. The summed E-state index contributed by atoms with van der Waals surface area (Å²) in [5.74, 6) is 0. The minimum atomic E-state index is -0.142. The van der Waals surface area contributed by atoms with Crippen LogP contribution in [0.4, 0.5) is 0 Å². The van der Waals surface area contributed by atoms with Gasteiger partial charge < -0.3 is 5.73 Å². The Bertz CT molecular complexity index is 562. The van der Waals surface area contributed by atoms with Gasteiger partial charge in [0.25, 0.3) is 0 Å². The van der Waals surface area contributed by atoms with Crippen LogP contribution in [-0.2, 0) is 19.4 Å². The Morgan fingerprint density at radius 1 is 1.42 bits per heavy atom. The molecule has 0 spiro atoms. The molecule has 0 fully saturated rings. The largest absolute Gasteiger partial charge is 0.323 e. The second-order valence-electron chi connectivity index (χ2n) is 4.32. The van der Waals surface area contributed by atoms with Gasteiger partial charge in [-0.3, -0.25) is 4.68 Å². The zero-order chi connectivity index (χ0) is 14.0. The number of rotatable bonds is 5. The van der Waals surface area contributed by atoms with E-state index in [4.69, 9.17) is 28.9 Å². The summed E-state index contributed by atoms with van der Waals surface area (Å²) in [4.78, 5) is 1.000. The van der Waals surface area contributed by atoms with E-state index in [-0.39, 0.29) is 6.04 Å². The minimum absolute atomic E-state index is 0.142. The fourth-order valence-electron chi connectivity index (χ4n) is 2.08. The van der Waals surface area contributed by atoms with Gasteiger partial charge in [0.05, 0.1) is 21.4 Å². The summed E-state index contributed by atoms with van der Waals surface area (Å²) in [5, 5.41) is 7.93. The van der Waals surface area contributed by atoms with E-state index in [0.717, 1.165) is 39.3 Å². The first-order valence-electron chi connectivity index (χ1n) is 6.30. The number of hydrogen-bond donors (Lipinski definition) is 1. The molecule has 0 saturated heterocycles. The lowest BCUT2D eigenvalue weighted by Crippen LogP contribution is -2.15. The zero-order valence-electron chi connectivity index (χ0n) is 11.0. The first kappa shape index (κ1) is 14.9. The quantitative estimate of drug-likeness (QED) is 0.903. The molecule has 0 bridgehead atoms. The second-order valence-corrected chi connectivity index (χ2v) is 6.05. The number of thiophene rings is 1. The summed E-state index contributed by atoms with van der Waals surface area (Å²) in [5.41, 5.74) is 8.17. The highest BCUT2D eigenvalue weighted by atomic mass is 35.5. The van der Waals surface area contributed by atoms with Gasteiger partial charge >= 0.3 is 0 Å². The molecule has 1 atom stereocenters. The maximum absolute atomic E-state index is 6.39. The average Bonchev–Trinajstić information content (AvgIpc) is 2.95. The molecule has 0 radical (unpaired) electrons. The third-order valence-corrected chi connectivity index (χ3v) is 5.02. The van der Waals surface area contributed by atoms with Crippen LogP contribution >= 0.6 is 34.5 Å². The highest BCUT2D eigenvalue weighted by Crippen LogP contribution is 2.31. The van der Waals surface area contributed by atoms with Crippen LogP contribution in [0.1, 0.15) is 36.2 Å². The van der Waals surface area contributed by atoms with Crippen molar-refractivity contribution in [3.63, 3.8) is 0 Å². The van der Waals surface area contributed by atoms with Crippen molar-refractivity contribution < 1.29 is 0 Å². The molecule has 0 amide bonds. The Kier molecular flexibility index (Phi) is 4.90. The molecule has 104 valence electrons. The number of nitrogens with two attached hydrogens (primary N) is 1. The second kappa shape index (κ2) is 6.27. The van der Waals surface area contributed by atoms with Crippen LogP contribution in [-0.4, -0.2) is 9.78 Å². The molecule has 2 aromatic rings. The van der Waals surface area contributed by atoms with E-state index in [1.54, 1.807) is 11.3 Å². The summed E-state index contributed by atoms with van der Waals surface area (Å²) in [6.45, 7) is 4.89. The number of aryl methyl sites for hydroxylation is 2. The van der Waals surface area contributed by atoms with Gasteiger partial charge in [0.2, 0.25) is 0 Å². The van der Waals surface area contributed by atoms with Gasteiger partial charge in [-0.05, 0) is 24.8 Å². The first-order valence-corrected chi connectivity index (χ1v) is 7.94. The molecule has 0 aliphatic carbocycles. The number of aromatic nitrogens is 2. The molecule has 0 aliphatic heterocycles. The smallest absolute Gasteiger partial charge is 0.0850 e. The monoisotopic (exact) mass is 317 g/mol. The van der Waals surface area contributed by atoms with Gasteiger partial charge in [0.1, 0.15) is 0 Å². The van der Waals surface area contributed by atoms with Crippen LogP contribution in [0.2, 0.25) is 10.0 Å². The minimum Gasteiger partial charge on any atom is -0.323 e. The molecule has 2 heterocycles. The molecule has 2 rings (SSSR count). The van der Waals surface area contributed by atoms with Gasteiger partial charge in [0, 0.05) is 23.9 Å². The van der Waals surface area contributed by atoms with Crippen LogP contribution in [0.15, 0.2) is 11.4 Å². The number of hydrogen-bond acceptors (Lipinski definition) is 3. The number of nitrogens with zero attached hydrogens (tertiary/aromatic N) is 2. The van der Waals surface area contributed by atoms with Crippen molar-refractivity contribution in [2.24, 2.45) is 5.73 Å². The van der Waals surface area contributed by atoms with E-state index < -0.39 is 0 Å². The predicted octanol–water partition coefficient (Wildman–Crippen LogP) is 4.08. The lowest BCUT2D eigenvalue weighted by atomic mass is 10.1. The summed E-state index contributed by atoms with van der Waals surface area (Å²) < 4.78 is 1.93. The first-order chi connectivity index (χ1) is 9.08. The Labute approximate surface area is 127 Å². The van der Waals surface area contributed by atoms with Gasteiger partial charge in [-0.1, -0.05) is 30.1 Å². The fourth-order valence-corrected chi connectivity index (χ4v) is 3.63. The van der Waals surface area contributed by atoms with Crippen LogP contribution in [0.25, 0.3) is 0 Å². The molecule has 0 saturated carbocycles. The van der Waals surface area contributed by atoms with Crippen molar-refractivity contribution in [3.05, 3.63) is 37.8 Å². The normalized spacial score (nSPS) is 12.9. The molecule has 19 heavy (non-hydrogen) atoms. The summed E-state index contributed by atoms with van der Waals surface area (Å²) in [7, 11) is 0. The van der Waals surface area contributed by atoms with Gasteiger partial charge in [-0.25, -0.2) is 0 Å². The van der Waals surface area contributed by atoms with E-state index in [1.165, 1.54) is 0 Å². The zero-order valence-corrected chi connectivity index (χ0v) is 13.3. The molecule has 3 nitrogen and oxygen atoms in total. The van der Waals surface area contributed by atoms with Crippen LogP contribution in [0, 0.1) is 0 Å². The van der Waals surface area contributed by atoms with Gasteiger partial charge in [-0.15, -0.1) is 11.3 Å². The van der Waals surface area contributed by atoms with Crippen LogP contribution in [0.3, 0.4) is 0 Å². The molecule has 0 aliphatic rings. The fraction of sp³-hybridized carbons (Fsp3) is 0.462. The van der Waals surface area contributed by atoms with Crippen LogP contribution < -0.4 is 5.73 Å². The van der Waals surface area contributed by atoms with E-state index in [1.807, 2.05) is 23.1 Å². The molecule has 0 aromatic carbocycles. The van der Waals surface area contributed by atoms with Gasteiger partial charge in [0.15, 0.2) is 0 Å². The number of halogens is 2. The summed E-state index contributed by atoms with van der Waals surface area (Å²) in [6.07, 6.45) is 1.48. The van der Waals surface area contributed by atoms with Crippen molar-refractivity contribution >= 4 is 34.5 Å². The Morgan fingerprint density at radius 3 is 2.68 bits per heavy atom. The Morgan fingerprint density at radius 2 is 2.16 bits per heavy atom. The molecule has 1 unspecified atom stereocenters. The molecular weight excluding hydrogens is 301 g/mol. The molecular formula is C13H17Cl2N3S. The lowest BCUT2D eigenvalue weighted by molar-refractivity contribution is 0.588. The van der Waals surface area contributed by atoms with Crippen molar-refractivity contribution in [2.75, 3.05) is 0 Å². The maximum atomic E-state index is 6.39. The molecule has 6 heteroatoms. The summed E-state index contributed by atoms with van der Waals surface area (Å²) in [6, 6.07) is 1.73. The van der Waals surface area contributed by atoms with E-state index in [9.17, 15) is 0 Å². The van der Waals surface area contributed by atoms with Crippen LogP contribution in [0.5, 0.6) is 0 Å². The average molecular weight is 318 g/mol. The topological polar surface area (TPSA) is 43.8 Å². The highest BCUT2D eigenvalue weighted by molar-refractivity contribution is 7.10. The standard InChI is InChI=1S/C13H17Cl2N3S/c1-3-10-12(15)11(18(4-2)17-10)7-9(16)13-8(14)5-6-19-13/h5-6,9H,3-4,7,16H2,1-2H3. The highest BCUT2D eigenvalue weighted by Gasteiger charge is 2.19. The van der Waals surface area contributed by atoms with E-state index >= 15 is 0 Å². The van der Waals surface area contributed by atoms with Crippen molar-refractivity contribution in [1.29, 1.82) is 0 Å². The third-order valence-electron chi connectivity index (χ3n) is 3.09. The van der Waals surface area contributed by atoms with E-state index in [2.05, 4.69) is 12.0 Å². The maximum Gasteiger partial charge on any atom is 0.0850 e. The van der Waals surface area contributed by atoms with E-state index in [0.29, 0.717) is 6.42 Å². The predicted molar refractivity (Wildman–Crippen MR) is 82.3 cm³/mol. The van der Waals surface area contributed by atoms with Crippen molar-refractivity contribution in [3.8, 4) is 0 Å². The Balaban J connectivity index is 2.28. The van der Waals surface area contributed by atoms with Gasteiger partial charge in [-0.2, -0.15) is 5.10 Å². The third kappa shape index (κ3) is 2.97. The van der Waals surface area contributed by atoms with Crippen molar-refractivity contribution in [2.45, 2.75) is 39.3 Å². The molecule has 2 N–H and O–H groups in total. The van der Waals surface area contributed by atoms with Crippen molar-refractivity contribution in [1.82, 2.24) is 9.78 Å². The lowest BCUT2D eigenvalue weighted by Gasteiger charge is -2.12. The SMILES string of the molecule is CCc1nn(CC)c(CC(N)c2sccc2Cl)c1Cl.